The van der Waals surface area contributed by atoms with Crippen LogP contribution in [0, 0.1) is 0 Å². The smallest absolute Gasteiger partial charge is 0.402 e. The number of unbranched alkanes of at least 4 members (excludes halogenated alkanes) is 2. The molecule has 0 atom stereocenters. The number of hydrogen-bond acceptors (Lipinski definition) is 3. The van der Waals surface area contributed by atoms with Gasteiger partial charge < -0.3 is 15.1 Å². The summed E-state index contributed by atoms with van der Waals surface area (Å²) in [7, 11) is -4.13. The van der Waals surface area contributed by atoms with Crippen molar-refractivity contribution in [3.8, 4) is 0 Å². The van der Waals surface area contributed by atoms with Gasteiger partial charge in [-0.25, -0.2) is 0 Å². The Morgan fingerprint density at radius 2 is 0.929 bits per heavy atom. The average Bonchev–Trinajstić information content (AvgIpc) is 2.73. The van der Waals surface area contributed by atoms with Crippen molar-refractivity contribution in [2.45, 2.75) is 26.2 Å². The van der Waals surface area contributed by atoms with Gasteiger partial charge in [-0.2, -0.15) is 0 Å². The predicted octanol–water partition coefficient (Wildman–Crippen LogP) is 2.85. The van der Waals surface area contributed by atoms with Crippen LogP contribution in [-0.2, 0) is 0 Å². The standard InChI is InChI=1S/C23H27P.BH3O3/c1-2-3-13-20-24(21-14-7-4-8-15-21,22-16-9-5-10-17-22)23-18-11-6-12-19-23;2-1(3)4/h4-12,14-19,24H,2-3,13,20H2,1H3;2-4H. The van der Waals surface area contributed by atoms with E-state index in [0.717, 1.165) is 0 Å². The average molecular weight is 396 g/mol. The third-order valence-corrected chi connectivity index (χ3v) is 10.0. The normalized spacial score (nSPS) is 11.3. The quantitative estimate of drug-likeness (QED) is 0.327. The fourth-order valence-corrected chi connectivity index (χ4v) is 8.67. The van der Waals surface area contributed by atoms with Gasteiger partial charge in [0.1, 0.15) is 0 Å². The molecule has 5 heteroatoms. The van der Waals surface area contributed by atoms with Crippen molar-refractivity contribution in [2.75, 3.05) is 6.16 Å². The Labute approximate surface area is 169 Å². The summed E-state index contributed by atoms with van der Waals surface area (Å²) in [5, 5.41) is 26.1. The molecule has 0 aliphatic carbocycles. The minimum Gasteiger partial charge on any atom is -0.402 e. The van der Waals surface area contributed by atoms with Gasteiger partial charge in [-0.05, 0) is 0 Å². The Kier molecular flexibility index (Phi) is 9.39. The molecule has 0 amide bonds. The largest absolute Gasteiger partial charge is 0.631 e. The summed E-state index contributed by atoms with van der Waals surface area (Å²) >= 11 is 0. The van der Waals surface area contributed by atoms with Gasteiger partial charge in [-0.15, -0.1) is 0 Å². The summed E-state index contributed by atoms with van der Waals surface area (Å²) in [6.07, 6.45) is 5.14. The van der Waals surface area contributed by atoms with Crippen LogP contribution in [0.2, 0.25) is 0 Å². The van der Waals surface area contributed by atoms with Crippen LogP contribution in [0.3, 0.4) is 0 Å². The molecule has 0 fully saturated rings. The zero-order valence-corrected chi connectivity index (χ0v) is 17.4. The van der Waals surface area contributed by atoms with Crippen LogP contribution in [0.1, 0.15) is 26.2 Å². The van der Waals surface area contributed by atoms with E-state index in [-0.39, 0.29) is 0 Å². The zero-order chi connectivity index (χ0) is 20.2. The molecule has 3 N–H and O–H groups in total. The molecule has 3 nitrogen and oxygen atoms in total. The maximum atomic E-state index is 7.17. The first kappa shape index (κ1) is 22.3. The molecule has 0 unspecified atom stereocenters. The third-order valence-electron chi connectivity index (χ3n) is 4.96. The summed E-state index contributed by atoms with van der Waals surface area (Å²) in [5.41, 5.74) is 0. The molecule has 0 bridgehead atoms. The Morgan fingerprint density at radius 1 is 0.607 bits per heavy atom. The van der Waals surface area contributed by atoms with Crippen molar-refractivity contribution in [3.05, 3.63) is 91.0 Å². The first-order chi connectivity index (χ1) is 13.6. The summed E-state index contributed by atoms with van der Waals surface area (Å²) < 4.78 is 0. The molecule has 0 radical (unpaired) electrons. The van der Waals surface area contributed by atoms with Crippen molar-refractivity contribution >= 4 is 30.5 Å². The first-order valence-electron chi connectivity index (χ1n) is 9.82. The van der Waals surface area contributed by atoms with Crippen molar-refractivity contribution < 1.29 is 15.1 Å². The summed E-state index contributed by atoms with van der Waals surface area (Å²) in [6, 6.07) is 33.6. The van der Waals surface area contributed by atoms with E-state index in [1.807, 2.05) is 0 Å². The van der Waals surface area contributed by atoms with Gasteiger partial charge in [0.2, 0.25) is 0 Å². The van der Waals surface area contributed by atoms with Gasteiger partial charge in [0.15, 0.2) is 0 Å². The van der Waals surface area contributed by atoms with Crippen LogP contribution >= 0.6 is 7.26 Å². The molecule has 0 aromatic heterocycles. The molecule has 3 rings (SSSR count). The topological polar surface area (TPSA) is 60.7 Å². The molecule has 148 valence electrons. The minimum absolute atomic E-state index is 1.27. The Balaban J connectivity index is 0.000000640. The van der Waals surface area contributed by atoms with Crippen molar-refractivity contribution in [1.82, 2.24) is 0 Å². The first-order valence-corrected chi connectivity index (χ1v) is 12.0. The van der Waals surface area contributed by atoms with Crippen LogP contribution in [-0.4, -0.2) is 28.6 Å². The van der Waals surface area contributed by atoms with Crippen molar-refractivity contribution in [2.24, 2.45) is 0 Å². The molecular formula is C23H30BO3P. The number of hydrogen-bond donors (Lipinski definition) is 3. The SMILES string of the molecule is CCCCC[PH](c1ccccc1)(c1ccccc1)c1ccccc1.OB(O)O. The fourth-order valence-electron chi connectivity index (χ4n) is 3.74. The van der Waals surface area contributed by atoms with E-state index in [1.165, 1.54) is 41.3 Å². The zero-order valence-electron chi connectivity index (χ0n) is 16.4. The van der Waals surface area contributed by atoms with Gasteiger partial charge >= 0.3 is 154 Å². The number of rotatable bonds is 7. The molecule has 3 aromatic carbocycles. The van der Waals surface area contributed by atoms with E-state index in [0.29, 0.717) is 0 Å². The van der Waals surface area contributed by atoms with Gasteiger partial charge in [-0.3, -0.25) is 0 Å². The predicted molar refractivity (Wildman–Crippen MR) is 123 cm³/mol. The Hall–Kier alpha value is -1.97. The van der Waals surface area contributed by atoms with Gasteiger partial charge in [0, 0.05) is 0 Å². The molecule has 0 aliphatic rings. The van der Waals surface area contributed by atoms with Crippen LogP contribution in [0.25, 0.3) is 0 Å². The van der Waals surface area contributed by atoms with Crippen molar-refractivity contribution in [3.63, 3.8) is 0 Å². The van der Waals surface area contributed by atoms with Gasteiger partial charge in [0.25, 0.3) is 0 Å². The van der Waals surface area contributed by atoms with Crippen LogP contribution in [0.15, 0.2) is 91.0 Å². The van der Waals surface area contributed by atoms with Crippen molar-refractivity contribution in [1.29, 1.82) is 0 Å². The second kappa shape index (κ2) is 11.8. The Bertz CT molecular complexity index is 683. The maximum Gasteiger partial charge on any atom is 0.631 e. The van der Waals surface area contributed by atoms with Crippen LogP contribution < -0.4 is 15.9 Å². The van der Waals surface area contributed by atoms with Crippen LogP contribution in [0.4, 0.5) is 0 Å². The Morgan fingerprint density at radius 3 is 1.21 bits per heavy atom. The molecule has 0 saturated heterocycles. The molecule has 0 heterocycles. The minimum atomic E-state index is -2.17. The van der Waals surface area contributed by atoms with Gasteiger partial charge in [-0.1, -0.05) is 0 Å². The van der Waals surface area contributed by atoms with Gasteiger partial charge in [0.05, 0.1) is 0 Å². The molecular weight excluding hydrogens is 366 g/mol. The van der Waals surface area contributed by atoms with E-state index < -0.39 is 14.6 Å². The summed E-state index contributed by atoms with van der Waals surface area (Å²) in [5.74, 6) is 0. The van der Waals surface area contributed by atoms with E-state index in [2.05, 4.69) is 97.9 Å². The molecule has 0 aliphatic heterocycles. The van der Waals surface area contributed by atoms with E-state index in [4.69, 9.17) is 15.1 Å². The summed E-state index contributed by atoms with van der Waals surface area (Å²) in [6.45, 7) is 2.29. The molecule has 3 aromatic rings. The molecule has 0 spiro atoms. The van der Waals surface area contributed by atoms with Crippen LogP contribution in [0.5, 0.6) is 0 Å². The van der Waals surface area contributed by atoms with E-state index >= 15 is 0 Å². The second-order valence-corrected chi connectivity index (χ2v) is 10.8. The monoisotopic (exact) mass is 396 g/mol. The molecule has 28 heavy (non-hydrogen) atoms. The second-order valence-electron chi connectivity index (χ2n) is 6.81. The summed E-state index contributed by atoms with van der Waals surface area (Å²) in [4.78, 5) is 0. The molecule has 0 saturated carbocycles. The maximum absolute atomic E-state index is 7.17. The van der Waals surface area contributed by atoms with E-state index in [9.17, 15) is 0 Å². The fraction of sp³-hybridized carbons (Fsp3) is 0.217. The van der Waals surface area contributed by atoms with E-state index in [1.54, 1.807) is 0 Å². The number of benzene rings is 3. The third kappa shape index (κ3) is 6.02.